The number of nitrogens with zero attached hydrogens (tertiary/aromatic N) is 1. The molecule has 1 fully saturated rings. The van der Waals surface area contributed by atoms with Crippen molar-refractivity contribution in [2.45, 2.75) is 25.2 Å². The lowest BCUT2D eigenvalue weighted by molar-refractivity contribution is -0.385. The fraction of sp³-hybridized carbons (Fsp3) is 0.316. The quantitative estimate of drug-likeness (QED) is 0.541. The Bertz CT molecular complexity index is 811. The highest BCUT2D eigenvalue weighted by Crippen LogP contribution is 2.28. The summed E-state index contributed by atoms with van der Waals surface area (Å²) in [6, 6.07) is 13.5. The predicted octanol–water partition coefficient (Wildman–Crippen LogP) is 2.62. The molecule has 2 atom stereocenters. The number of nitrogens with one attached hydrogen (secondary N) is 1. The van der Waals surface area contributed by atoms with Crippen molar-refractivity contribution in [3.63, 3.8) is 0 Å². The topological polar surface area (TPSA) is 111 Å². The summed E-state index contributed by atoms with van der Waals surface area (Å²) in [6.45, 7) is 1.45. The highest BCUT2D eigenvalue weighted by atomic mass is 16.6. The average Bonchev–Trinajstić information content (AvgIpc) is 3.13. The van der Waals surface area contributed by atoms with E-state index in [4.69, 9.17) is 14.6 Å². The zero-order chi connectivity index (χ0) is 19.2. The van der Waals surface area contributed by atoms with Gasteiger partial charge in [-0.1, -0.05) is 30.3 Å². The summed E-state index contributed by atoms with van der Waals surface area (Å²) in [7, 11) is 0. The van der Waals surface area contributed by atoms with Gasteiger partial charge >= 0.3 is 11.7 Å². The molecule has 2 aromatic rings. The number of nitro benzene ring substituents is 1. The van der Waals surface area contributed by atoms with Gasteiger partial charge in [0.15, 0.2) is 5.75 Å². The summed E-state index contributed by atoms with van der Waals surface area (Å²) in [6.07, 6.45) is 0.775. The van der Waals surface area contributed by atoms with Crippen molar-refractivity contribution in [3.05, 3.63) is 69.8 Å². The maximum atomic E-state index is 11.2. The Morgan fingerprint density at radius 2 is 2.04 bits per heavy atom. The van der Waals surface area contributed by atoms with Gasteiger partial charge in [-0.05, 0) is 24.1 Å². The third-order valence-corrected chi connectivity index (χ3v) is 4.35. The lowest BCUT2D eigenvalue weighted by atomic mass is 10.2. The molecule has 2 N–H and O–H groups in total. The van der Waals surface area contributed by atoms with Gasteiger partial charge in [-0.2, -0.15) is 0 Å². The molecule has 8 nitrogen and oxygen atoms in total. The molecule has 0 unspecified atom stereocenters. The molecule has 27 heavy (non-hydrogen) atoms. The Balaban J connectivity index is 1.52. The molecule has 1 aliphatic heterocycles. The van der Waals surface area contributed by atoms with Crippen LogP contribution in [0.1, 0.15) is 22.3 Å². The molecule has 1 heterocycles. The molecule has 0 amide bonds. The number of carbonyl (C=O) groups is 1. The summed E-state index contributed by atoms with van der Waals surface area (Å²) in [5, 5.41) is 23.4. The van der Waals surface area contributed by atoms with Crippen molar-refractivity contribution in [3.8, 4) is 5.75 Å². The van der Waals surface area contributed by atoms with Crippen molar-refractivity contribution in [1.82, 2.24) is 5.32 Å². The molecule has 0 aliphatic carbocycles. The molecule has 0 aromatic heterocycles. The lowest BCUT2D eigenvalue weighted by Gasteiger charge is -2.13. The van der Waals surface area contributed by atoms with Crippen molar-refractivity contribution in [1.29, 1.82) is 0 Å². The van der Waals surface area contributed by atoms with Crippen LogP contribution in [-0.2, 0) is 11.3 Å². The van der Waals surface area contributed by atoms with Crippen molar-refractivity contribution in [2.24, 2.45) is 0 Å². The van der Waals surface area contributed by atoms with E-state index in [1.807, 2.05) is 30.3 Å². The standard InChI is InChI=1S/C19H20N2O6/c22-19(23)14-6-7-18(17(8-14)21(24)25)27-12-15-9-16(10-20-15)26-11-13-4-2-1-3-5-13/h1-8,15-16,20H,9-12H2,(H,22,23)/t15-,16+/m0/s1. The van der Waals surface area contributed by atoms with Gasteiger partial charge in [-0.15, -0.1) is 0 Å². The Labute approximate surface area is 155 Å². The van der Waals surface area contributed by atoms with Crippen molar-refractivity contribution < 1.29 is 24.3 Å². The molecule has 8 heteroatoms. The van der Waals surface area contributed by atoms with Gasteiger partial charge in [-0.25, -0.2) is 4.79 Å². The molecular weight excluding hydrogens is 352 g/mol. The van der Waals surface area contributed by atoms with Gasteiger partial charge in [0.1, 0.15) is 6.61 Å². The zero-order valence-corrected chi connectivity index (χ0v) is 14.5. The van der Waals surface area contributed by atoms with Crippen LogP contribution in [0, 0.1) is 10.1 Å². The number of rotatable bonds is 8. The first-order valence-corrected chi connectivity index (χ1v) is 8.56. The maximum Gasteiger partial charge on any atom is 0.335 e. The van der Waals surface area contributed by atoms with Crippen LogP contribution in [0.25, 0.3) is 0 Å². The SMILES string of the molecule is O=C(O)c1ccc(OC[C@@H]2C[C@@H](OCc3ccccc3)CN2)c([N+](=O)[O-])c1. The van der Waals surface area contributed by atoms with E-state index in [1.165, 1.54) is 12.1 Å². The van der Waals surface area contributed by atoms with Crippen LogP contribution in [0.5, 0.6) is 5.75 Å². The van der Waals surface area contributed by atoms with E-state index in [9.17, 15) is 14.9 Å². The molecule has 3 rings (SSSR count). The average molecular weight is 372 g/mol. The lowest BCUT2D eigenvalue weighted by Crippen LogP contribution is -2.28. The van der Waals surface area contributed by atoms with E-state index < -0.39 is 10.9 Å². The highest BCUT2D eigenvalue weighted by Gasteiger charge is 2.26. The van der Waals surface area contributed by atoms with E-state index in [0.29, 0.717) is 13.2 Å². The summed E-state index contributed by atoms with van der Waals surface area (Å²) < 4.78 is 11.5. The van der Waals surface area contributed by atoms with Gasteiger partial charge in [-0.3, -0.25) is 10.1 Å². The second kappa shape index (κ2) is 8.61. The minimum atomic E-state index is -1.22. The number of carboxylic acid groups (broad SMARTS) is 1. The van der Waals surface area contributed by atoms with E-state index in [-0.39, 0.29) is 35.8 Å². The van der Waals surface area contributed by atoms with Crippen LogP contribution in [0.3, 0.4) is 0 Å². The molecule has 1 saturated heterocycles. The normalized spacial score (nSPS) is 19.0. The van der Waals surface area contributed by atoms with Gasteiger partial charge in [0, 0.05) is 18.7 Å². The summed E-state index contributed by atoms with van der Waals surface area (Å²) in [5.74, 6) is -1.17. The first-order chi connectivity index (χ1) is 13.0. The maximum absolute atomic E-state index is 11.2. The second-order valence-electron chi connectivity index (χ2n) is 6.32. The van der Waals surface area contributed by atoms with Crippen LogP contribution in [-0.4, -0.2) is 41.3 Å². The molecule has 0 bridgehead atoms. The Hall–Kier alpha value is -2.97. The molecule has 2 aromatic carbocycles. The van der Waals surface area contributed by atoms with Gasteiger partial charge in [0.05, 0.1) is 23.2 Å². The van der Waals surface area contributed by atoms with Crippen LogP contribution < -0.4 is 10.1 Å². The number of nitro groups is 1. The third-order valence-electron chi connectivity index (χ3n) is 4.35. The van der Waals surface area contributed by atoms with Crippen LogP contribution in [0.15, 0.2) is 48.5 Å². The summed E-state index contributed by atoms with van der Waals surface area (Å²) in [4.78, 5) is 21.5. The Kier molecular flexibility index (Phi) is 6.00. The molecule has 0 radical (unpaired) electrons. The predicted molar refractivity (Wildman–Crippen MR) is 97.0 cm³/mol. The zero-order valence-electron chi connectivity index (χ0n) is 14.5. The largest absolute Gasteiger partial charge is 0.485 e. The fourth-order valence-corrected chi connectivity index (χ4v) is 2.93. The fourth-order valence-electron chi connectivity index (χ4n) is 2.93. The summed E-state index contributed by atoms with van der Waals surface area (Å²) in [5.41, 5.74) is 0.596. The smallest absolute Gasteiger partial charge is 0.335 e. The minimum Gasteiger partial charge on any atom is -0.485 e. The molecule has 142 valence electrons. The molecular formula is C19H20N2O6. The van der Waals surface area contributed by atoms with Gasteiger partial charge < -0.3 is 19.9 Å². The van der Waals surface area contributed by atoms with E-state index in [0.717, 1.165) is 18.1 Å². The van der Waals surface area contributed by atoms with Crippen molar-refractivity contribution in [2.75, 3.05) is 13.2 Å². The molecule has 1 aliphatic rings. The number of hydrogen-bond donors (Lipinski definition) is 2. The number of carboxylic acids is 1. The van der Waals surface area contributed by atoms with E-state index in [1.54, 1.807) is 0 Å². The van der Waals surface area contributed by atoms with E-state index in [2.05, 4.69) is 5.32 Å². The minimum absolute atomic E-state index is 0.00419. The number of ether oxygens (including phenoxy) is 2. The number of hydrogen-bond acceptors (Lipinski definition) is 6. The number of benzene rings is 2. The van der Waals surface area contributed by atoms with Crippen LogP contribution in [0.4, 0.5) is 5.69 Å². The molecule has 0 spiro atoms. The Morgan fingerprint density at radius 3 is 2.74 bits per heavy atom. The monoisotopic (exact) mass is 372 g/mol. The number of aromatic carboxylic acids is 1. The Morgan fingerprint density at radius 1 is 1.26 bits per heavy atom. The summed E-state index contributed by atoms with van der Waals surface area (Å²) >= 11 is 0. The van der Waals surface area contributed by atoms with E-state index >= 15 is 0 Å². The first-order valence-electron chi connectivity index (χ1n) is 8.56. The van der Waals surface area contributed by atoms with Crippen LogP contribution >= 0.6 is 0 Å². The van der Waals surface area contributed by atoms with Crippen molar-refractivity contribution >= 4 is 11.7 Å². The third kappa shape index (κ3) is 5.02. The molecule has 0 saturated carbocycles. The highest BCUT2D eigenvalue weighted by molar-refractivity contribution is 5.88. The van der Waals surface area contributed by atoms with Gasteiger partial charge in [0.25, 0.3) is 0 Å². The van der Waals surface area contributed by atoms with Gasteiger partial charge in [0.2, 0.25) is 0 Å². The second-order valence-corrected chi connectivity index (χ2v) is 6.32. The van der Waals surface area contributed by atoms with Crippen LogP contribution in [0.2, 0.25) is 0 Å². The first kappa shape index (κ1) is 18.8.